The summed E-state index contributed by atoms with van der Waals surface area (Å²) in [4.78, 5) is 11.9. The zero-order valence-corrected chi connectivity index (χ0v) is 12.9. The molecule has 1 N–H and O–H groups in total. The number of alkyl halides is 3. The van der Waals surface area contributed by atoms with Crippen molar-refractivity contribution in [1.29, 1.82) is 0 Å². The molecule has 1 atom stereocenters. The quantitative estimate of drug-likeness (QED) is 0.876. The van der Waals surface area contributed by atoms with Gasteiger partial charge in [0.1, 0.15) is 0 Å². The Hall–Kier alpha value is -0.690. The number of nitrogens with one attached hydrogen (secondary N) is 1. The standard InChI is InChI=1S/C13H13BrF3NOS/c14-11-2-1-9(5-10(11)13(15,16)17)12(19)18-6-8-3-4-20-7-8/h1-2,5,8H,3-4,6-7H2,(H,18,19). The molecule has 1 aromatic rings. The third-order valence-corrected chi connectivity index (χ3v) is 5.03. The lowest BCUT2D eigenvalue weighted by molar-refractivity contribution is -0.138. The van der Waals surface area contributed by atoms with E-state index in [4.69, 9.17) is 0 Å². The first kappa shape index (κ1) is 15.7. The summed E-state index contributed by atoms with van der Waals surface area (Å²) in [6.07, 6.45) is -3.43. The summed E-state index contributed by atoms with van der Waals surface area (Å²) in [5.41, 5.74) is -0.798. The van der Waals surface area contributed by atoms with Crippen molar-refractivity contribution in [2.24, 2.45) is 5.92 Å². The first-order chi connectivity index (χ1) is 9.38. The Morgan fingerprint density at radius 1 is 1.45 bits per heavy atom. The van der Waals surface area contributed by atoms with Gasteiger partial charge in [-0.25, -0.2) is 0 Å². The maximum atomic E-state index is 12.8. The van der Waals surface area contributed by atoms with Crippen LogP contribution in [0.4, 0.5) is 13.2 Å². The van der Waals surface area contributed by atoms with Crippen LogP contribution in [0, 0.1) is 5.92 Å². The summed E-state index contributed by atoms with van der Waals surface area (Å²) in [6, 6.07) is 3.52. The van der Waals surface area contributed by atoms with Crippen LogP contribution in [-0.2, 0) is 6.18 Å². The molecule has 1 aliphatic heterocycles. The van der Waals surface area contributed by atoms with Gasteiger partial charge in [-0.05, 0) is 42.0 Å². The van der Waals surface area contributed by atoms with Gasteiger partial charge in [0.25, 0.3) is 5.91 Å². The number of carbonyl (C=O) groups excluding carboxylic acids is 1. The molecule has 7 heteroatoms. The maximum absolute atomic E-state index is 12.8. The van der Waals surface area contributed by atoms with Crippen LogP contribution in [0.1, 0.15) is 22.3 Å². The summed E-state index contributed by atoms with van der Waals surface area (Å²) in [5.74, 6) is 2.03. The van der Waals surface area contributed by atoms with E-state index in [0.29, 0.717) is 12.5 Å². The van der Waals surface area contributed by atoms with E-state index < -0.39 is 17.6 Å². The minimum Gasteiger partial charge on any atom is -0.352 e. The molecule has 1 aliphatic rings. The largest absolute Gasteiger partial charge is 0.417 e. The molecule has 1 aromatic carbocycles. The van der Waals surface area contributed by atoms with Gasteiger partial charge in [-0.3, -0.25) is 4.79 Å². The minimum absolute atomic E-state index is 0.0335. The van der Waals surface area contributed by atoms with E-state index in [0.717, 1.165) is 24.0 Å². The molecular weight excluding hydrogens is 355 g/mol. The summed E-state index contributed by atoms with van der Waals surface area (Å²) in [7, 11) is 0. The zero-order chi connectivity index (χ0) is 14.8. The highest BCUT2D eigenvalue weighted by Crippen LogP contribution is 2.35. The molecule has 0 radical (unpaired) electrons. The Balaban J connectivity index is 2.06. The minimum atomic E-state index is -4.47. The molecule has 0 aliphatic carbocycles. The number of benzene rings is 1. The van der Waals surface area contributed by atoms with E-state index in [1.807, 2.05) is 11.8 Å². The SMILES string of the molecule is O=C(NCC1CCSC1)c1ccc(Br)c(C(F)(F)F)c1. The molecule has 1 fully saturated rings. The fourth-order valence-electron chi connectivity index (χ4n) is 1.97. The van der Waals surface area contributed by atoms with Crippen LogP contribution < -0.4 is 5.32 Å². The number of rotatable bonds is 3. The lowest BCUT2D eigenvalue weighted by atomic mass is 10.1. The Labute approximate surface area is 127 Å². The molecule has 0 saturated carbocycles. The number of hydrogen-bond donors (Lipinski definition) is 1. The molecule has 0 aromatic heterocycles. The lowest BCUT2D eigenvalue weighted by Crippen LogP contribution is -2.29. The molecule has 1 amide bonds. The topological polar surface area (TPSA) is 29.1 Å². The average Bonchev–Trinajstić information content (AvgIpc) is 2.88. The molecular formula is C13H13BrF3NOS. The van der Waals surface area contributed by atoms with Crippen molar-refractivity contribution in [3.05, 3.63) is 33.8 Å². The van der Waals surface area contributed by atoms with Gasteiger partial charge in [-0.15, -0.1) is 0 Å². The molecule has 110 valence electrons. The molecule has 20 heavy (non-hydrogen) atoms. The van der Waals surface area contributed by atoms with Crippen LogP contribution in [0.25, 0.3) is 0 Å². The van der Waals surface area contributed by atoms with E-state index in [1.54, 1.807) is 0 Å². The van der Waals surface area contributed by atoms with Crippen LogP contribution in [0.3, 0.4) is 0 Å². The van der Waals surface area contributed by atoms with Gasteiger partial charge in [0.2, 0.25) is 0 Å². The van der Waals surface area contributed by atoms with Crippen LogP contribution in [0.5, 0.6) is 0 Å². The Morgan fingerprint density at radius 2 is 2.20 bits per heavy atom. The van der Waals surface area contributed by atoms with Gasteiger partial charge in [0, 0.05) is 16.6 Å². The number of halogens is 4. The molecule has 2 nitrogen and oxygen atoms in total. The van der Waals surface area contributed by atoms with Crippen molar-refractivity contribution in [3.63, 3.8) is 0 Å². The first-order valence-corrected chi connectivity index (χ1v) is 8.05. The second-order valence-corrected chi connectivity index (χ2v) is 6.64. The molecule has 1 unspecified atom stereocenters. The highest BCUT2D eigenvalue weighted by Gasteiger charge is 2.33. The van der Waals surface area contributed by atoms with E-state index in [1.165, 1.54) is 12.1 Å². The zero-order valence-electron chi connectivity index (χ0n) is 10.5. The average molecular weight is 368 g/mol. The third-order valence-electron chi connectivity index (χ3n) is 3.11. The second-order valence-electron chi connectivity index (χ2n) is 4.63. The van der Waals surface area contributed by atoms with E-state index in [-0.39, 0.29) is 10.0 Å². The molecule has 1 saturated heterocycles. The van der Waals surface area contributed by atoms with Gasteiger partial charge < -0.3 is 5.32 Å². The van der Waals surface area contributed by atoms with E-state index in [9.17, 15) is 18.0 Å². The number of thioether (sulfide) groups is 1. The Bertz CT molecular complexity index is 501. The maximum Gasteiger partial charge on any atom is 0.417 e. The number of carbonyl (C=O) groups is 1. The number of amides is 1. The van der Waals surface area contributed by atoms with Crippen molar-refractivity contribution in [2.75, 3.05) is 18.1 Å². The first-order valence-electron chi connectivity index (χ1n) is 6.10. The summed E-state index contributed by atoms with van der Waals surface area (Å²) >= 11 is 4.68. The van der Waals surface area contributed by atoms with Crippen molar-refractivity contribution < 1.29 is 18.0 Å². The Kier molecular flexibility index (Phi) is 5.01. The predicted octanol–water partition coefficient (Wildman–Crippen LogP) is 3.95. The summed E-state index contributed by atoms with van der Waals surface area (Å²) in [6.45, 7) is 0.517. The van der Waals surface area contributed by atoms with Crippen LogP contribution in [0.15, 0.2) is 22.7 Å². The fraction of sp³-hybridized carbons (Fsp3) is 0.462. The van der Waals surface area contributed by atoms with Crippen molar-refractivity contribution in [3.8, 4) is 0 Å². The molecule has 0 spiro atoms. The molecule has 2 rings (SSSR count). The number of hydrogen-bond acceptors (Lipinski definition) is 2. The molecule has 1 heterocycles. The highest BCUT2D eigenvalue weighted by atomic mass is 79.9. The van der Waals surface area contributed by atoms with Crippen LogP contribution in [0.2, 0.25) is 0 Å². The van der Waals surface area contributed by atoms with E-state index in [2.05, 4.69) is 21.2 Å². The van der Waals surface area contributed by atoms with Gasteiger partial charge in [0.15, 0.2) is 0 Å². The highest BCUT2D eigenvalue weighted by molar-refractivity contribution is 9.10. The van der Waals surface area contributed by atoms with Gasteiger partial charge in [-0.2, -0.15) is 24.9 Å². The third kappa shape index (κ3) is 3.91. The van der Waals surface area contributed by atoms with Crippen molar-refractivity contribution in [2.45, 2.75) is 12.6 Å². The van der Waals surface area contributed by atoms with Crippen LogP contribution >= 0.6 is 27.7 Å². The van der Waals surface area contributed by atoms with Gasteiger partial charge in [-0.1, -0.05) is 15.9 Å². The lowest BCUT2D eigenvalue weighted by Gasteiger charge is -2.13. The normalized spacial score (nSPS) is 19.1. The van der Waals surface area contributed by atoms with Crippen LogP contribution in [-0.4, -0.2) is 24.0 Å². The van der Waals surface area contributed by atoms with Crippen molar-refractivity contribution in [1.82, 2.24) is 5.32 Å². The van der Waals surface area contributed by atoms with E-state index >= 15 is 0 Å². The van der Waals surface area contributed by atoms with Gasteiger partial charge >= 0.3 is 6.18 Å². The summed E-state index contributed by atoms with van der Waals surface area (Å²) < 4.78 is 38.2. The predicted molar refractivity (Wildman–Crippen MR) is 76.9 cm³/mol. The van der Waals surface area contributed by atoms with Crippen molar-refractivity contribution >= 4 is 33.6 Å². The summed E-state index contributed by atoms with van der Waals surface area (Å²) in [5, 5.41) is 2.70. The smallest absolute Gasteiger partial charge is 0.352 e. The van der Waals surface area contributed by atoms with Gasteiger partial charge in [0.05, 0.1) is 5.56 Å². The molecule has 0 bridgehead atoms. The fourth-order valence-corrected chi connectivity index (χ4v) is 3.72. The Morgan fingerprint density at radius 3 is 2.80 bits per heavy atom. The monoisotopic (exact) mass is 367 g/mol. The second kappa shape index (κ2) is 6.39.